The quantitative estimate of drug-likeness (QED) is 0.749. The summed E-state index contributed by atoms with van der Waals surface area (Å²) in [5.41, 5.74) is 1.07. The molecule has 0 spiro atoms. The predicted molar refractivity (Wildman–Crippen MR) is 83.9 cm³/mol. The van der Waals surface area contributed by atoms with Crippen LogP contribution in [0.3, 0.4) is 0 Å². The van der Waals surface area contributed by atoms with Crippen LogP contribution in [0.4, 0.5) is 13.2 Å². The molecule has 22 heavy (non-hydrogen) atoms. The van der Waals surface area contributed by atoms with Gasteiger partial charge in [-0.1, -0.05) is 26.0 Å². The van der Waals surface area contributed by atoms with E-state index in [0.29, 0.717) is 12.3 Å². The molecule has 120 valence electrons. The van der Waals surface area contributed by atoms with Crippen LogP contribution in [0.1, 0.15) is 42.4 Å². The van der Waals surface area contributed by atoms with Crippen LogP contribution in [0, 0.1) is 12.8 Å². The number of halogens is 3. The number of alkyl halides is 3. The molecule has 1 aromatic carbocycles. The standard InChI is InChI=1S/C17H19F3OS/c1-10(2)8-14(21)16-11(3)9-15(22-16)12-4-6-13(7-5-12)17(18,19)20/h4-7,9-10,14,21H,8H2,1-3H3. The first-order chi connectivity index (χ1) is 10.2. The maximum atomic E-state index is 12.6. The summed E-state index contributed by atoms with van der Waals surface area (Å²) < 4.78 is 37.8. The zero-order valence-electron chi connectivity index (χ0n) is 12.7. The van der Waals surface area contributed by atoms with Crippen molar-refractivity contribution in [3.63, 3.8) is 0 Å². The SMILES string of the molecule is Cc1cc(-c2ccc(C(F)(F)F)cc2)sc1C(O)CC(C)C. The van der Waals surface area contributed by atoms with Gasteiger partial charge in [-0.25, -0.2) is 0 Å². The Morgan fingerprint density at radius 3 is 2.23 bits per heavy atom. The molecular formula is C17H19F3OS. The molecule has 0 fully saturated rings. The smallest absolute Gasteiger partial charge is 0.388 e. The molecule has 5 heteroatoms. The molecule has 0 aliphatic rings. The molecule has 1 aromatic heterocycles. The minimum atomic E-state index is -4.32. The van der Waals surface area contributed by atoms with Gasteiger partial charge in [-0.3, -0.25) is 0 Å². The van der Waals surface area contributed by atoms with Crippen LogP contribution < -0.4 is 0 Å². The third-order valence-electron chi connectivity index (χ3n) is 3.45. The lowest BCUT2D eigenvalue weighted by Crippen LogP contribution is -2.03. The highest BCUT2D eigenvalue weighted by atomic mass is 32.1. The Balaban J connectivity index is 2.27. The largest absolute Gasteiger partial charge is 0.416 e. The van der Waals surface area contributed by atoms with Gasteiger partial charge in [0.25, 0.3) is 0 Å². The highest BCUT2D eigenvalue weighted by molar-refractivity contribution is 7.15. The summed E-state index contributed by atoms with van der Waals surface area (Å²) in [6.07, 6.45) is -4.16. The molecule has 0 bridgehead atoms. The van der Waals surface area contributed by atoms with E-state index >= 15 is 0 Å². The van der Waals surface area contributed by atoms with E-state index in [4.69, 9.17) is 0 Å². The average molecular weight is 328 g/mol. The van der Waals surface area contributed by atoms with E-state index in [1.54, 1.807) is 0 Å². The summed E-state index contributed by atoms with van der Waals surface area (Å²) >= 11 is 1.44. The molecule has 1 atom stereocenters. The average Bonchev–Trinajstić information content (AvgIpc) is 2.79. The van der Waals surface area contributed by atoms with E-state index < -0.39 is 17.8 Å². The highest BCUT2D eigenvalue weighted by Gasteiger charge is 2.30. The monoisotopic (exact) mass is 328 g/mol. The van der Waals surface area contributed by atoms with Crippen molar-refractivity contribution < 1.29 is 18.3 Å². The fourth-order valence-corrected chi connectivity index (χ4v) is 3.53. The topological polar surface area (TPSA) is 20.2 Å². The Labute approximate surface area is 132 Å². The molecule has 0 amide bonds. The van der Waals surface area contributed by atoms with Gasteiger partial charge in [0.2, 0.25) is 0 Å². The molecule has 0 aliphatic carbocycles. The molecule has 0 radical (unpaired) electrons. The lowest BCUT2D eigenvalue weighted by atomic mass is 10.0. The Morgan fingerprint density at radius 1 is 1.14 bits per heavy atom. The molecule has 1 nitrogen and oxygen atoms in total. The van der Waals surface area contributed by atoms with E-state index in [1.165, 1.54) is 23.5 Å². The zero-order chi connectivity index (χ0) is 16.5. The Bertz CT molecular complexity index is 626. The first-order valence-electron chi connectivity index (χ1n) is 7.14. The van der Waals surface area contributed by atoms with Crippen molar-refractivity contribution in [1.29, 1.82) is 0 Å². The number of aryl methyl sites for hydroxylation is 1. The van der Waals surface area contributed by atoms with Crippen LogP contribution in [0.2, 0.25) is 0 Å². The second-order valence-corrected chi connectivity index (χ2v) is 6.96. The molecule has 1 N–H and O–H groups in total. The molecule has 0 aliphatic heterocycles. The second kappa shape index (κ2) is 6.42. The van der Waals surface area contributed by atoms with Crippen molar-refractivity contribution in [2.75, 3.05) is 0 Å². The summed E-state index contributed by atoms with van der Waals surface area (Å²) in [6, 6.07) is 7.06. The van der Waals surface area contributed by atoms with Crippen molar-refractivity contribution in [3.05, 3.63) is 46.3 Å². The predicted octanol–water partition coefficient (Wildman–Crippen LogP) is 5.82. The minimum Gasteiger partial charge on any atom is -0.388 e. The molecule has 0 saturated carbocycles. The van der Waals surface area contributed by atoms with E-state index in [9.17, 15) is 18.3 Å². The molecule has 2 aromatic rings. The number of aliphatic hydroxyl groups excluding tert-OH is 1. The maximum Gasteiger partial charge on any atom is 0.416 e. The lowest BCUT2D eigenvalue weighted by Gasteiger charge is -2.12. The van der Waals surface area contributed by atoms with Gasteiger partial charge in [-0.05, 0) is 48.6 Å². The van der Waals surface area contributed by atoms with Crippen molar-refractivity contribution in [1.82, 2.24) is 0 Å². The van der Waals surface area contributed by atoms with E-state index in [-0.39, 0.29) is 0 Å². The number of hydrogen-bond acceptors (Lipinski definition) is 2. The number of rotatable bonds is 4. The Kier molecular flexibility index (Phi) is 4.97. The van der Waals surface area contributed by atoms with Gasteiger partial charge in [0.05, 0.1) is 11.7 Å². The summed E-state index contributed by atoms with van der Waals surface area (Å²) in [7, 11) is 0. The molecule has 0 saturated heterocycles. The van der Waals surface area contributed by atoms with Crippen LogP contribution in [0.25, 0.3) is 10.4 Å². The molecular weight excluding hydrogens is 309 g/mol. The van der Waals surface area contributed by atoms with E-state index in [1.807, 2.05) is 26.8 Å². The van der Waals surface area contributed by atoms with Gasteiger partial charge in [-0.15, -0.1) is 11.3 Å². The molecule has 2 rings (SSSR count). The van der Waals surface area contributed by atoms with Crippen LogP contribution in [-0.2, 0) is 6.18 Å². The fourth-order valence-electron chi connectivity index (χ4n) is 2.35. The first kappa shape index (κ1) is 17.0. The van der Waals surface area contributed by atoms with Crippen molar-refractivity contribution >= 4 is 11.3 Å². The fraction of sp³-hybridized carbons (Fsp3) is 0.412. The summed E-state index contributed by atoms with van der Waals surface area (Å²) in [4.78, 5) is 1.77. The van der Waals surface area contributed by atoms with Crippen LogP contribution in [-0.4, -0.2) is 5.11 Å². The first-order valence-corrected chi connectivity index (χ1v) is 7.96. The third-order valence-corrected chi connectivity index (χ3v) is 4.84. The van der Waals surface area contributed by atoms with Crippen LogP contribution in [0.15, 0.2) is 30.3 Å². The second-order valence-electron chi connectivity index (χ2n) is 5.88. The maximum absolute atomic E-state index is 12.6. The van der Waals surface area contributed by atoms with E-state index in [2.05, 4.69) is 0 Å². The number of hydrogen-bond donors (Lipinski definition) is 1. The third kappa shape index (κ3) is 3.90. The van der Waals surface area contributed by atoms with Gasteiger partial charge in [0.15, 0.2) is 0 Å². The van der Waals surface area contributed by atoms with E-state index in [0.717, 1.165) is 33.0 Å². The summed E-state index contributed by atoms with van der Waals surface area (Å²) in [5, 5.41) is 10.2. The normalized spacial score (nSPS) is 13.6. The van der Waals surface area contributed by atoms with Crippen molar-refractivity contribution in [3.8, 4) is 10.4 Å². The van der Waals surface area contributed by atoms with Gasteiger partial charge >= 0.3 is 6.18 Å². The van der Waals surface area contributed by atoms with Crippen LogP contribution in [0.5, 0.6) is 0 Å². The van der Waals surface area contributed by atoms with Crippen molar-refractivity contribution in [2.45, 2.75) is 39.5 Å². The van der Waals surface area contributed by atoms with Gasteiger partial charge in [0, 0.05) is 9.75 Å². The number of thiophene rings is 1. The van der Waals surface area contributed by atoms with Gasteiger partial charge in [0.1, 0.15) is 0 Å². The zero-order valence-corrected chi connectivity index (χ0v) is 13.6. The summed E-state index contributed by atoms with van der Waals surface area (Å²) in [5.74, 6) is 0.381. The minimum absolute atomic E-state index is 0.381. The Hall–Kier alpha value is -1.33. The van der Waals surface area contributed by atoms with Gasteiger partial charge < -0.3 is 5.11 Å². The molecule has 1 unspecified atom stereocenters. The number of benzene rings is 1. The highest BCUT2D eigenvalue weighted by Crippen LogP contribution is 2.38. The van der Waals surface area contributed by atoms with Crippen LogP contribution >= 0.6 is 11.3 Å². The van der Waals surface area contributed by atoms with Gasteiger partial charge in [-0.2, -0.15) is 13.2 Å². The van der Waals surface area contributed by atoms with Crippen molar-refractivity contribution in [2.24, 2.45) is 5.92 Å². The molecule has 1 heterocycles. The summed E-state index contributed by atoms with van der Waals surface area (Å²) in [6.45, 7) is 6.01. The Morgan fingerprint density at radius 2 is 1.73 bits per heavy atom. The number of aliphatic hydroxyl groups is 1. The lowest BCUT2D eigenvalue weighted by molar-refractivity contribution is -0.137.